The van der Waals surface area contributed by atoms with Gasteiger partial charge in [-0.1, -0.05) is 88.4 Å². The molecule has 213 valence electrons. The second kappa shape index (κ2) is 15.2. The molecule has 0 saturated carbocycles. The van der Waals surface area contributed by atoms with Crippen LogP contribution in [-0.4, -0.2) is 18.0 Å². The summed E-state index contributed by atoms with van der Waals surface area (Å²) < 4.78 is 8.73. The van der Waals surface area contributed by atoms with Crippen LogP contribution < -0.4 is 5.19 Å². The van der Waals surface area contributed by atoms with Crippen molar-refractivity contribution in [2.45, 2.75) is 52.7 Å². The third kappa shape index (κ3) is 9.16. The fourth-order valence-electron chi connectivity index (χ4n) is 4.70. The predicted octanol–water partition coefficient (Wildman–Crippen LogP) is 8.99. The molecule has 0 amide bonds. The van der Waals surface area contributed by atoms with E-state index < -0.39 is 14.0 Å². The summed E-state index contributed by atoms with van der Waals surface area (Å²) in [5.41, 5.74) is 7.30. The Bertz CT molecular complexity index is 1530. The van der Waals surface area contributed by atoms with Gasteiger partial charge in [-0.15, -0.1) is 71.8 Å². The topological polar surface area (TPSA) is 25.8 Å². The van der Waals surface area contributed by atoms with E-state index in [2.05, 4.69) is 73.9 Å². The standard InChI is InChI=1S/C19H16N.C18H24NSi.Ir/c1-15(16-8-4-2-5-9-16)18-12-13-20-19(14-18)17-10-6-3-7-11-17;1-14(2)11-16-12-17(15-9-7-6-8-10-15)19-13-18(16)20(3,4)5;/h2-10,12-15H,1H3;6-9,12-14H,11H2,1-5H3;/q2*-1;/i15D;;. The zero-order valence-electron chi connectivity index (χ0n) is 25.9. The molecule has 1 radical (unpaired) electrons. The van der Waals surface area contributed by atoms with Gasteiger partial charge in [0, 0.05) is 39.8 Å². The number of aromatic nitrogens is 2. The predicted molar refractivity (Wildman–Crippen MR) is 172 cm³/mol. The molecule has 5 aromatic rings. The molecule has 1 unspecified atom stereocenters. The van der Waals surface area contributed by atoms with Crippen molar-refractivity contribution >= 4 is 13.3 Å². The Kier molecular flexibility index (Phi) is 11.4. The van der Waals surface area contributed by atoms with Crippen molar-refractivity contribution in [3.8, 4) is 22.5 Å². The largest absolute Gasteiger partial charge is 0.305 e. The smallest absolute Gasteiger partial charge is 0.0798 e. The monoisotopic (exact) mass is 734 g/mol. The van der Waals surface area contributed by atoms with Crippen molar-refractivity contribution in [2.24, 2.45) is 5.92 Å². The third-order valence-corrected chi connectivity index (χ3v) is 8.86. The van der Waals surface area contributed by atoms with Gasteiger partial charge in [-0.2, -0.15) is 0 Å². The summed E-state index contributed by atoms with van der Waals surface area (Å²) in [6.45, 7) is 13.6. The van der Waals surface area contributed by atoms with E-state index in [4.69, 9.17) is 1.37 Å². The molecule has 4 heteroatoms. The minimum atomic E-state index is -1.34. The SMILES string of the molecule is CC(C)Cc1cc(-c2[c-]cccc2)ncc1[Si](C)(C)C.[2H]C(C)(c1ccccc1)c1ccnc(-c2[c-]cccc2)c1.[Ir]. The number of nitrogens with zero attached hydrogens (tertiary/aromatic N) is 2. The zero-order valence-corrected chi connectivity index (χ0v) is 28.3. The van der Waals surface area contributed by atoms with E-state index in [1.807, 2.05) is 91.9 Å². The number of hydrogen-bond donors (Lipinski definition) is 0. The first-order chi connectivity index (χ1) is 19.6. The summed E-state index contributed by atoms with van der Waals surface area (Å²) in [6.07, 6.45) is 5.00. The summed E-state index contributed by atoms with van der Waals surface area (Å²) in [7, 11) is -1.34. The van der Waals surface area contributed by atoms with Crippen molar-refractivity contribution in [3.05, 3.63) is 138 Å². The molecule has 0 aliphatic rings. The molecule has 0 aliphatic carbocycles. The first kappa shape index (κ1) is 30.8. The van der Waals surface area contributed by atoms with Gasteiger partial charge in [0.2, 0.25) is 0 Å². The maximum Gasteiger partial charge on any atom is 0.0798 e. The Labute approximate surface area is 263 Å². The Balaban J connectivity index is 0.000000225. The van der Waals surface area contributed by atoms with Gasteiger partial charge in [0.05, 0.1) is 8.07 Å². The van der Waals surface area contributed by atoms with Crippen molar-refractivity contribution in [2.75, 3.05) is 0 Å². The number of pyridine rings is 2. The van der Waals surface area contributed by atoms with Crippen LogP contribution in [0, 0.1) is 18.1 Å². The molecular weight excluding hydrogens is 693 g/mol. The van der Waals surface area contributed by atoms with Crippen LogP contribution >= 0.6 is 0 Å². The van der Waals surface area contributed by atoms with E-state index in [0.29, 0.717) is 5.92 Å². The molecule has 2 aromatic heterocycles. The van der Waals surface area contributed by atoms with Crippen molar-refractivity contribution in [1.82, 2.24) is 9.97 Å². The van der Waals surface area contributed by atoms with E-state index in [-0.39, 0.29) is 20.1 Å². The normalized spacial score (nSPS) is 12.8. The Morgan fingerprint density at radius 1 is 0.732 bits per heavy atom. The van der Waals surface area contributed by atoms with Crippen molar-refractivity contribution in [1.29, 1.82) is 0 Å². The molecule has 5 rings (SSSR count). The average Bonchev–Trinajstić information content (AvgIpc) is 2.98. The van der Waals surface area contributed by atoms with Crippen LogP contribution in [0.1, 0.15) is 44.7 Å². The molecule has 41 heavy (non-hydrogen) atoms. The van der Waals surface area contributed by atoms with E-state index in [9.17, 15) is 0 Å². The summed E-state index contributed by atoms with van der Waals surface area (Å²) >= 11 is 0. The van der Waals surface area contributed by atoms with Gasteiger partial charge in [0.25, 0.3) is 0 Å². The molecule has 2 heterocycles. The van der Waals surface area contributed by atoms with E-state index in [0.717, 1.165) is 40.1 Å². The fourth-order valence-corrected chi connectivity index (χ4v) is 6.29. The van der Waals surface area contributed by atoms with Crippen LogP contribution in [0.2, 0.25) is 19.6 Å². The minimum absolute atomic E-state index is 0. The summed E-state index contributed by atoms with van der Waals surface area (Å²) in [6, 6.07) is 38.3. The Hall–Kier alpha value is -3.17. The van der Waals surface area contributed by atoms with Crippen LogP contribution in [0.25, 0.3) is 22.5 Å². The second-order valence-electron chi connectivity index (χ2n) is 11.5. The third-order valence-electron chi connectivity index (χ3n) is 6.80. The van der Waals surface area contributed by atoms with Crippen LogP contribution in [-0.2, 0) is 26.5 Å². The minimum Gasteiger partial charge on any atom is -0.305 e. The molecule has 0 aliphatic heterocycles. The maximum absolute atomic E-state index is 8.73. The number of hydrogen-bond acceptors (Lipinski definition) is 2. The van der Waals surface area contributed by atoms with Crippen LogP contribution in [0.4, 0.5) is 0 Å². The van der Waals surface area contributed by atoms with Gasteiger partial charge in [0.1, 0.15) is 0 Å². The maximum atomic E-state index is 8.73. The van der Waals surface area contributed by atoms with Gasteiger partial charge in [-0.3, -0.25) is 0 Å². The summed E-state index contributed by atoms with van der Waals surface area (Å²) in [4.78, 5) is 9.09. The van der Waals surface area contributed by atoms with Crippen molar-refractivity contribution < 1.29 is 21.5 Å². The van der Waals surface area contributed by atoms with E-state index >= 15 is 0 Å². The molecule has 1 atom stereocenters. The van der Waals surface area contributed by atoms with Gasteiger partial charge in [-0.05, 0) is 46.1 Å². The molecular formula is C37H40IrN2Si-2. The molecule has 0 spiro atoms. The Morgan fingerprint density at radius 2 is 1.32 bits per heavy atom. The van der Waals surface area contributed by atoms with Gasteiger partial charge < -0.3 is 9.97 Å². The molecule has 0 fully saturated rings. The van der Waals surface area contributed by atoms with Crippen LogP contribution in [0.5, 0.6) is 0 Å². The van der Waals surface area contributed by atoms with E-state index in [1.165, 1.54) is 10.8 Å². The second-order valence-corrected chi connectivity index (χ2v) is 16.6. The number of rotatable bonds is 7. The molecule has 2 nitrogen and oxygen atoms in total. The van der Waals surface area contributed by atoms with Gasteiger partial charge in [0.15, 0.2) is 0 Å². The summed E-state index contributed by atoms with van der Waals surface area (Å²) in [5, 5.41) is 1.49. The first-order valence-corrected chi connectivity index (χ1v) is 17.5. The number of benzene rings is 3. The van der Waals surface area contributed by atoms with E-state index in [1.54, 1.807) is 6.20 Å². The van der Waals surface area contributed by atoms with Crippen LogP contribution in [0.15, 0.2) is 109 Å². The van der Waals surface area contributed by atoms with Crippen LogP contribution in [0.3, 0.4) is 0 Å². The van der Waals surface area contributed by atoms with Gasteiger partial charge in [-0.25, -0.2) is 0 Å². The molecule has 3 aromatic carbocycles. The summed E-state index contributed by atoms with van der Waals surface area (Å²) in [5.74, 6) is -0.131. The molecule has 0 N–H and O–H groups in total. The molecule has 0 saturated heterocycles. The van der Waals surface area contributed by atoms with Crippen molar-refractivity contribution in [3.63, 3.8) is 0 Å². The first-order valence-electron chi connectivity index (χ1n) is 14.5. The van der Waals surface area contributed by atoms with Gasteiger partial charge >= 0.3 is 0 Å². The fraction of sp³-hybridized carbons (Fsp3) is 0.243. The Morgan fingerprint density at radius 3 is 1.85 bits per heavy atom. The molecule has 0 bridgehead atoms. The quantitative estimate of drug-likeness (QED) is 0.123. The zero-order chi connectivity index (χ0) is 29.5. The average molecular weight is 734 g/mol.